The van der Waals surface area contributed by atoms with Crippen molar-refractivity contribution < 1.29 is 9.18 Å². The highest BCUT2D eigenvalue weighted by molar-refractivity contribution is 6.31. The molecule has 1 aliphatic rings. The Labute approximate surface area is 185 Å². The molecule has 4 nitrogen and oxygen atoms in total. The van der Waals surface area contributed by atoms with Crippen molar-refractivity contribution in [1.82, 2.24) is 9.88 Å². The number of halogens is 2. The van der Waals surface area contributed by atoms with Crippen molar-refractivity contribution in [2.45, 2.75) is 39.2 Å². The number of pyridine rings is 1. The highest BCUT2D eigenvalue weighted by atomic mass is 35.5. The number of rotatable bonds is 5. The maximum absolute atomic E-state index is 13.9. The molecule has 1 N–H and O–H groups in total. The van der Waals surface area contributed by atoms with E-state index in [0.29, 0.717) is 22.5 Å². The quantitative estimate of drug-likeness (QED) is 0.570. The molecule has 0 bridgehead atoms. The van der Waals surface area contributed by atoms with Gasteiger partial charge in [-0.05, 0) is 68.0 Å². The monoisotopic (exact) mass is 438 g/mol. The van der Waals surface area contributed by atoms with E-state index in [9.17, 15) is 14.0 Å². The van der Waals surface area contributed by atoms with Crippen molar-refractivity contribution in [3.05, 3.63) is 98.2 Å². The molecule has 1 saturated carbocycles. The summed E-state index contributed by atoms with van der Waals surface area (Å²) in [5, 5.41) is 3.13. The number of aromatic nitrogens is 1. The van der Waals surface area contributed by atoms with E-state index in [-0.39, 0.29) is 34.3 Å². The summed E-state index contributed by atoms with van der Waals surface area (Å²) in [7, 11) is 0. The third kappa shape index (κ3) is 4.02. The molecule has 1 unspecified atom stereocenters. The van der Waals surface area contributed by atoms with Gasteiger partial charge < -0.3 is 5.32 Å². The van der Waals surface area contributed by atoms with Crippen LogP contribution in [0.2, 0.25) is 5.02 Å². The summed E-state index contributed by atoms with van der Waals surface area (Å²) in [6.45, 7) is 3.43. The van der Waals surface area contributed by atoms with Gasteiger partial charge in [-0.25, -0.2) is 4.39 Å². The first-order valence-electron chi connectivity index (χ1n) is 10.4. The predicted octanol–water partition coefficient (Wildman–Crippen LogP) is 5.52. The van der Waals surface area contributed by atoms with E-state index in [1.54, 1.807) is 32.0 Å². The van der Waals surface area contributed by atoms with Gasteiger partial charge in [0.2, 0.25) is 0 Å². The number of amides is 1. The van der Waals surface area contributed by atoms with Crippen molar-refractivity contribution in [2.75, 3.05) is 0 Å². The van der Waals surface area contributed by atoms with Gasteiger partial charge >= 0.3 is 0 Å². The van der Waals surface area contributed by atoms with E-state index in [1.165, 1.54) is 16.7 Å². The van der Waals surface area contributed by atoms with Gasteiger partial charge in [0.15, 0.2) is 0 Å². The molecule has 0 aliphatic heterocycles. The van der Waals surface area contributed by atoms with Crippen molar-refractivity contribution in [1.29, 1.82) is 0 Å². The maximum atomic E-state index is 13.9. The molecule has 31 heavy (non-hydrogen) atoms. The van der Waals surface area contributed by atoms with Crippen LogP contribution in [0.4, 0.5) is 4.39 Å². The van der Waals surface area contributed by atoms with Crippen LogP contribution in [0.25, 0.3) is 5.69 Å². The van der Waals surface area contributed by atoms with Gasteiger partial charge in [0.25, 0.3) is 11.5 Å². The molecule has 160 valence electrons. The number of hydrogen-bond donors (Lipinski definition) is 1. The Hall–Kier alpha value is -2.92. The van der Waals surface area contributed by atoms with Crippen LogP contribution in [-0.4, -0.2) is 10.5 Å². The Morgan fingerprint density at radius 3 is 2.45 bits per heavy atom. The van der Waals surface area contributed by atoms with Crippen LogP contribution in [-0.2, 0) is 0 Å². The average molecular weight is 439 g/mol. The van der Waals surface area contributed by atoms with Crippen LogP contribution >= 0.6 is 11.6 Å². The van der Waals surface area contributed by atoms with Gasteiger partial charge in [0.05, 0.1) is 11.6 Å². The number of hydrogen-bond acceptors (Lipinski definition) is 2. The van der Waals surface area contributed by atoms with Gasteiger partial charge in [0.1, 0.15) is 10.8 Å². The van der Waals surface area contributed by atoms with Gasteiger partial charge in [-0.3, -0.25) is 14.2 Å². The fourth-order valence-electron chi connectivity index (χ4n) is 4.29. The lowest BCUT2D eigenvalue weighted by Crippen LogP contribution is -2.38. The first-order valence-corrected chi connectivity index (χ1v) is 10.8. The first-order chi connectivity index (χ1) is 14.9. The fourth-order valence-corrected chi connectivity index (χ4v) is 4.47. The summed E-state index contributed by atoms with van der Waals surface area (Å²) in [6.07, 6.45) is 3.04. The van der Waals surface area contributed by atoms with Crippen LogP contribution in [0, 0.1) is 25.6 Å². The predicted molar refractivity (Wildman–Crippen MR) is 120 cm³/mol. The summed E-state index contributed by atoms with van der Waals surface area (Å²) >= 11 is 6.37. The number of carbonyl (C=O) groups is 1. The van der Waals surface area contributed by atoms with E-state index in [1.807, 2.05) is 24.3 Å². The first kappa shape index (κ1) is 21.3. The smallest absolute Gasteiger partial charge is 0.274 e. The lowest BCUT2D eigenvalue weighted by atomic mass is 9.77. The molecule has 1 amide bonds. The largest absolute Gasteiger partial charge is 0.345 e. The van der Waals surface area contributed by atoms with E-state index in [4.69, 9.17) is 11.6 Å². The number of carbonyl (C=O) groups excluding carboxylic acids is 1. The van der Waals surface area contributed by atoms with Crippen molar-refractivity contribution in [3.63, 3.8) is 0 Å². The van der Waals surface area contributed by atoms with Gasteiger partial charge in [-0.15, -0.1) is 0 Å². The zero-order chi connectivity index (χ0) is 22.1. The minimum atomic E-state index is -0.361. The Morgan fingerprint density at radius 2 is 1.84 bits per heavy atom. The van der Waals surface area contributed by atoms with Crippen LogP contribution in [0.15, 0.2) is 59.4 Å². The molecule has 1 heterocycles. The highest BCUT2D eigenvalue weighted by Crippen LogP contribution is 2.38. The van der Waals surface area contributed by atoms with Gasteiger partial charge in [-0.1, -0.05) is 48.4 Å². The normalized spacial score (nSPS) is 14.7. The van der Waals surface area contributed by atoms with Crippen molar-refractivity contribution in [2.24, 2.45) is 5.92 Å². The molecule has 1 atom stereocenters. The Kier molecular flexibility index (Phi) is 5.96. The van der Waals surface area contributed by atoms with Crippen molar-refractivity contribution in [3.8, 4) is 5.69 Å². The molecule has 2 aromatic carbocycles. The van der Waals surface area contributed by atoms with Crippen LogP contribution in [0.5, 0.6) is 0 Å². The summed E-state index contributed by atoms with van der Waals surface area (Å²) in [5.41, 5.74) is 2.36. The van der Waals surface area contributed by atoms with Crippen LogP contribution in [0.1, 0.15) is 52.5 Å². The summed E-state index contributed by atoms with van der Waals surface area (Å²) in [6, 6.07) is 15.2. The third-order valence-electron chi connectivity index (χ3n) is 6.15. The van der Waals surface area contributed by atoms with E-state index >= 15 is 0 Å². The number of para-hydroxylation sites is 1. The second-order valence-corrected chi connectivity index (χ2v) is 8.45. The zero-order valence-electron chi connectivity index (χ0n) is 17.5. The molecule has 1 aromatic heterocycles. The minimum Gasteiger partial charge on any atom is -0.345 e. The minimum absolute atomic E-state index is 0.0190. The molecule has 6 heteroatoms. The summed E-state index contributed by atoms with van der Waals surface area (Å²) in [4.78, 5) is 26.4. The van der Waals surface area contributed by atoms with E-state index in [0.717, 1.165) is 24.8 Å². The highest BCUT2D eigenvalue weighted by Gasteiger charge is 2.31. The van der Waals surface area contributed by atoms with Crippen LogP contribution < -0.4 is 10.9 Å². The SMILES string of the molecule is Cc1c(C(=O)NC(c2cccc(F)c2)C2CCC2)c(C)n(-c2ccccc2)c(=O)c1Cl. The Morgan fingerprint density at radius 1 is 1.13 bits per heavy atom. The molecular weight excluding hydrogens is 415 g/mol. The molecule has 1 aliphatic carbocycles. The zero-order valence-corrected chi connectivity index (χ0v) is 18.2. The summed E-state index contributed by atoms with van der Waals surface area (Å²) < 4.78 is 15.3. The second kappa shape index (κ2) is 8.67. The van der Waals surface area contributed by atoms with Gasteiger partial charge in [0, 0.05) is 11.4 Å². The Balaban J connectivity index is 1.77. The second-order valence-electron chi connectivity index (χ2n) is 8.07. The molecule has 0 saturated heterocycles. The van der Waals surface area contributed by atoms with Gasteiger partial charge in [-0.2, -0.15) is 0 Å². The average Bonchev–Trinajstić information content (AvgIpc) is 2.71. The summed E-state index contributed by atoms with van der Waals surface area (Å²) in [5.74, 6) is -0.395. The standard InChI is InChI=1S/C25H24ClFN2O2/c1-15-21(16(2)29(25(31)22(15)26)20-12-4-3-5-13-20)24(30)28-23(17-8-6-9-17)18-10-7-11-19(27)14-18/h3-5,7,10-14,17,23H,6,8-9H2,1-2H3,(H,28,30). The Bertz CT molecular complexity index is 1190. The maximum Gasteiger partial charge on any atom is 0.274 e. The number of benzene rings is 2. The topological polar surface area (TPSA) is 51.1 Å². The molecule has 0 radical (unpaired) electrons. The van der Waals surface area contributed by atoms with Crippen molar-refractivity contribution >= 4 is 17.5 Å². The molecule has 3 aromatic rings. The number of nitrogens with one attached hydrogen (secondary N) is 1. The molecule has 0 spiro atoms. The lowest BCUT2D eigenvalue weighted by Gasteiger charge is -2.35. The third-order valence-corrected chi connectivity index (χ3v) is 6.59. The molecule has 1 fully saturated rings. The van der Waals surface area contributed by atoms with E-state index in [2.05, 4.69) is 5.32 Å². The van der Waals surface area contributed by atoms with E-state index < -0.39 is 0 Å². The fraction of sp³-hybridized carbons (Fsp3) is 0.280. The molecular formula is C25H24ClFN2O2. The molecule has 4 rings (SSSR count). The lowest BCUT2D eigenvalue weighted by molar-refractivity contribution is 0.0898. The number of nitrogens with zero attached hydrogens (tertiary/aromatic N) is 1. The van der Waals surface area contributed by atoms with Crippen LogP contribution in [0.3, 0.4) is 0 Å².